The summed E-state index contributed by atoms with van der Waals surface area (Å²) in [4.78, 5) is 13.0. The van der Waals surface area contributed by atoms with Gasteiger partial charge in [-0.15, -0.1) is 0 Å². The maximum absolute atomic E-state index is 10.8. The molecule has 1 aromatic carbocycles. The number of nitrogens with two attached hydrogens (primary N) is 2. The number of aliphatic hydroxyl groups is 2. The van der Waals surface area contributed by atoms with Crippen LogP contribution in [-0.2, 0) is 6.42 Å². The van der Waals surface area contributed by atoms with E-state index in [1.807, 2.05) is 29.0 Å². The fourth-order valence-electron chi connectivity index (χ4n) is 4.60. The zero-order valence-electron chi connectivity index (χ0n) is 16.7. The molecule has 6 N–H and O–H groups in total. The SMILES string of the molecule is Nc1ccn([C@@H]2C[C@H](CCc3ccc4cc(Br)c(N)nc4c3)[C@@H](O)[C@H]2O)c2ncnc1-2. The number of hydrogen-bond donors (Lipinski definition) is 4. The molecule has 2 aromatic rings. The summed E-state index contributed by atoms with van der Waals surface area (Å²) in [6.45, 7) is 0. The third-order valence-electron chi connectivity index (χ3n) is 6.31. The van der Waals surface area contributed by atoms with Gasteiger partial charge in [-0.1, -0.05) is 12.1 Å². The van der Waals surface area contributed by atoms with E-state index in [2.05, 4.69) is 36.9 Å². The molecule has 1 fully saturated rings. The second-order valence-corrected chi connectivity index (χ2v) is 9.04. The normalized spacial score (nSPS) is 23.7. The Kier molecular flexibility index (Phi) is 5.04. The predicted molar refractivity (Wildman–Crippen MR) is 122 cm³/mol. The van der Waals surface area contributed by atoms with Gasteiger partial charge < -0.3 is 26.2 Å². The van der Waals surface area contributed by atoms with Crippen LogP contribution in [0.2, 0.25) is 0 Å². The molecule has 31 heavy (non-hydrogen) atoms. The summed E-state index contributed by atoms with van der Waals surface area (Å²) >= 11 is 3.41. The number of pyridine rings is 2. The van der Waals surface area contributed by atoms with Gasteiger partial charge in [-0.3, -0.25) is 0 Å². The van der Waals surface area contributed by atoms with Gasteiger partial charge in [0.25, 0.3) is 0 Å². The standard InChI is InChI=1S/C22H23BrN6O2/c23-14-8-12-3-1-11(7-16(12)28-21(14)25)2-4-13-9-17(20(31)19(13)30)29-6-5-15(24)18-22(29)27-10-26-18/h1,3,5-8,10,13,17,19-20,30-31H,2,4,9,24H2,(H2,25,28)/t13-,17+,19+,20-/m0/s1. The maximum Gasteiger partial charge on any atom is 0.162 e. The van der Waals surface area contributed by atoms with E-state index >= 15 is 0 Å². The zero-order valence-corrected chi connectivity index (χ0v) is 18.3. The van der Waals surface area contributed by atoms with Crippen molar-refractivity contribution < 1.29 is 10.2 Å². The number of aromatic nitrogens is 4. The third kappa shape index (κ3) is 3.52. The summed E-state index contributed by atoms with van der Waals surface area (Å²) in [5.74, 6) is 1.05. The minimum absolute atomic E-state index is 0.0401. The largest absolute Gasteiger partial charge is 0.397 e. The summed E-state index contributed by atoms with van der Waals surface area (Å²) in [5, 5.41) is 22.5. The van der Waals surface area contributed by atoms with Crippen LogP contribution in [0.5, 0.6) is 0 Å². The quantitative estimate of drug-likeness (QED) is 0.351. The van der Waals surface area contributed by atoms with Crippen molar-refractivity contribution in [3.8, 4) is 11.5 Å². The molecule has 3 heterocycles. The van der Waals surface area contributed by atoms with Crippen molar-refractivity contribution in [3.63, 3.8) is 0 Å². The summed E-state index contributed by atoms with van der Waals surface area (Å²) in [6.07, 6.45) is 3.75. The summed E-state index contributed by atoms with van der Waals surface area (Å²) in [6, 6.07) is 9.57. The lowest BCUT2D eigenvalue weighted by Gasteiger charge is -2.22. The predicted octanol–water partition coefficient (Wildman–Crippen LogP) is 2.77. The van der Waals surface area contributed by atoms with Gasteiger partial charge in [-0.05, 0) is 64.9 Å². The smallest absolute Gasteiger partial charge is 0.162 e. The van der Waals surface area contributed by atoms with E-state index in [-0.39, 0.29) is 12.0 Å². The van der Waals surface area contributed by atoms with Crippen LogP contribution in [0, 0.1) is 5.92 Å². The summed E-state index contributed by atoms with van der Waals surface area (Å²) < 4.78 is 2.67. The molecule has 160 valence electrons. The minimum Gasteiger partial charge on any atom is -0.397 e. The summed E-state index contributed by atoms with van der Waals surface area (Å²) in [7, 11) is 0. The lowest BCUT2D eigenvalue weighted by atomic mass is 9.95. The van der Waals surface area contributed by atoms with Gasteiger partial charge in [0, 0.05) is 11.6 Å². The number of nitrogen functional groups attached to an aromatic ring is 2. The van der Waals surface area contributed by atoms with Crippen LogP contribution in [0.25, 0.3) is 22.4 Å². The van der Waals surface area contributed by atoms with Crippen molar-refractivity contribution >= 4 is 38.3 Å². The van der Waals surface area contributed by atoms with E-state index in [9.17, 15) is 10.2 Å². The highest BCUT2D eigenvalue weighted by atomic mass is 79.9. The Bertz CT molecular complexity index is 1230. The maximum atomic E-state index is 10.8. The molecule has 8 nitrogen and oxygen atoms in total. The number of rotatable bonds is 4. The van der Waals surface area contributed by atoms with Crippen LogP contribution >= 0.6 is 15.9 Å². The van der Waals surface area contributed by atoms with Crippen molar-refractivity contribution in [1.82, 2.24) is 19.5 Å². The van der Waals surface area contributed by atoms with E-state index in [1.54, 1.807) is 6.07 Å². The molecule has 2 aliphatic heterocycles. The Balaban J connectivity index is 1.34. The molecule has 0 amide bonds. The van der Waals surface area contributed by atoms with E-state index in [0.717, 1.165) is 33.8 Å². The first kappa shape index (κ1) is 20.2. The van der Waals surface area contributed by atoms with Crippen LogP contribution in [0.15, 0.2) is 47.3 Å². The number of halogens is 1. The summed E-state index contributed by atoms with van der Waals surface area (Å²) in [5.41, 5.74) is 15.0. The van der Waals surface area contributed by atoms with Gasteiger partial charge in [0.2, 0.25) is 0 Å². The number of aryl methyl sites for hydroxylation is 1. The second-order valence-electron chi connectivity index (χ2n) is 8.19. The highest BCUT2D eigenvalue weighted by molar-refractivity contribution is 9.10. The molecule has 0 bridgehead atoms. The van der Waals surface area contributed by atoms with Crippen molar-refractivity contribution in [1.29, 1.82) is 0 Å². The van der Waals surface area contributed by atoms with E-state index in [4.69, 9.17) is 11.5 Å². The highest BCUT2D eigenvalue weighted by Crippen LogP contribution is 2.40. The average molecular weight is 483 g/mol. The molecule has 1 aromatic heterocycles. The van der Waals surface area contributed by atoms with Gasteiger partial charge >= 0.3 is 0 Å². The van der Waals surface area contributed by atoms with Crippen LogP contribution in [-0.4, -0.2) is 41.9 Å². The van der Waals surface area contributed by atoms with Gasteiger partial charge in [0.15, 0.2) is 5.82 Å². The van der Waals surface area contributed by atoms with Crippen molar-refractivity contribution in [2.45, 2.75) is 37.5 Å². The van der Waals surface area contributed by atoms with E-state index in [0.29, 0.717) is 29.4 Å². The van der Waals surface area contributed by atoms with Crippen molar-refractivity contribution in [2.75, 3.05) is 11.5 Å². The van der Waals surface area contributed by atoms with Crippen molar-refractivity contribution in [2.24, 2.45) is 5.92 Å². The zero-order chi connectivity index (χ0) is 21.7. The number of nitrogens with zero attached hydrogens (tertiary/aromatic N) is 4. The first-order chi connectivity index (χ1) is 14.9. The molecule has 3 aliphatic rings. The minimum atomic E-state index is -0.881. The molecule has 0 saturated heterocycles. The number of aliphatic hydroxyl groups excluding tert-OH is 2. The van der Waals surface area contributed by atoms with E-state index in [1.165, 1.54) is 6.33 Å². The number of imidazole rings is 1. The van der Waals surface area contributed by atoms with E-state index < -0.39 is 12.2 Å². The molecule has 4 atom stereocenters. The molecule has 1 saturated carbocycles. The number of fused-ring (bicyclic) bond motifs is 2. The number of benzene rings is 1. The van der Waals surface area contributed by atoms with Gasteiger partial charge in [-0.2, -0.15) is 0 Å². The molecule has 9 heteroatoms. The molecule has 1 aliphatic carbocycles. The fourth-order valence-corrected chi connectivity index (χ4v) is 4.94. The van der Waals surface area contributed by atoms with Gasteiger partial charge in [-0.25, -0.2) is 15.0 Å². The van der Waals surface area contributed by atoms with Crippen LogP contribution < -0.4 is 11.5 Å². The topological polar surface area (TPSA) is 136 Å². The van der Waals surface area contributed by atoms with Crippen LogP contribution in [0.4, 0.5) is 11.5 Å². The number of anilines is 2. The average Bonchev–Trinajstić information content (AvgIpc) is 3.35. The Morgan fingerprint density at radius 1 is 1.10 bits per heavy atom. The fraction of sp³-hybridized carbons (Fsp3) is 0.318. The molecule has 0 radical (unpaired) electrons. The highest BCUT2D eigenvalue weighted by Gasteiger charge is 2.42. The Hall–Kier alpha value is -2.75. The lowest BCUT2D eigenvalue weighted by Crippen LogP contribution is -2.30. The molecular weight excluding hydrogens is 460 g/mol. The molecular formula is C22H23BrN6O2. The Morgan fingerprint density at radius 2 is 1.94 bits per heavy atom. The first-order valence-electron chi connectivity index (χ1n) is 10.2. The van der Waals surface area contributed by atoms with Gasteiger partial charge in [0.1, 0.15) is 23.9 Å². The molecule has 0 unspecified atom stereocenters. The number of hydrogen-bond acceptors (Lipinski definition) is 7. The van der Waals surface area contributed by atoms with Gasteiger partial charge in [0.05, 0.1) is 27.8 Å². The Labute approximate surface area is 187 Å². The van der Waals surface area contributed by atoms with Crippen LogP contribution in [0.3, 0.4) is 0 Å². The third-order valence-corrected chi connectivity index (χ3v) is 6.94. The second kappa shape index (κ2) is 7.74. The first-order valence-corrected chi connectivity index (χ1v) is 11.0. The molecule has 0 spiro atoms. The molecule has 5 rings (SSSR count). The van der Waals surface area contributed by atoms with Crippen molar-refractivity contribution in [3.05, 3.63) is 52.9 Å². The van der Waals surface area contributed by atoms with Crippen LogP contribution in [0.1, 0.15) is 24.4 Å². The monoisotopic (exact) mass is 482 g/mol. The lowest BCUT2D eigenvalue weighted by molar-refractivity contribution is 0.00501. The Morgan fingerprint density at radius 3 is 2.77 bits per heavy atom.